The Morgan fingerprint density at radius 2 is 2.07 bits per heavy atom. The van der Waals surface area contributed by atoms with Gasteiger partial charge in [-0.15, -0.1) is 0 Å². The Balaban J connectivity index is 1.33. The number of halogens is 3. The topological polar surface area (TPSA) is 121 Å². The second-order valence-electron chi connectivity index (χ2n) is 9.81. The quantitative estimate of drug-likeness (QED) is 0.264. The van der Waals surface area contributed by atoms with Crippen LogP contribution in [0.15, 0.2) is 35.5 Å². The number of pyridine rings is 2. The maximum Gasteiger partial charge on any atom is 0.447 e. The molecule has 5 heterocycles. The van der Waals surface area contributed by atoms with E-state index >= 15 is 0 Å². The highest BCUT2D eigenvalue weighted by Crippen LogP contribution is 2.41. The van der Waals surface area contributed by atoms with Crippen molar-refractivity contribution in [3.63, 3.8) is 0 Å². The maximum atomic E-state index is 13.4. The number of nitrogens with zero attached hydrogens (tertiary/aromatic N) is 5. The number of hydrogen-bond donors (Lipinski definition) is 3. The van der Waals surface area contributed by atoms with Crippen LogP contribution in [0.3, 0.4) is 0 Å². The standard InChI is InChI=1S/C27H29F3N8O3S/c1-32-24(39)19-13-22(40-2)20(14-34-19)33-9-4-10-37-25(42-27(28,29)30)21-5-3-6-23(38(21)37)35-18-7-11-36(12-8-18)26(15-31)16-41-17-26/h3,5-6,13-14,18,33,35H,7-9,11-12,16-17H2,1-2H3,(H,32,39). The number of nitriles is 1. The fourth-order valence-electron chi connectivity index (χ4n) is 4.97. The number of ether oxygens (including phenoxy) is 2. The van der Waals surface area contributed by atoms with E-state index in [0.29, 0.717) is 49.1 Å². The van der Waals surface area contributed by atoms with Gasteiger partial charge in [0.1, 0.15) is 22.3 Å². The number of rotatable bonds is 8. The molecule has 11 nitrogen and oxygen atoms in total. The SMILES string of the molecule is CNC(=O)c1cc(OC)c(NCC#Cn2c(SC(F)(F)F)c3cccc(NC4CCN(C5(C#N)COC5)CC4)n32)cn1. The van der Waals surface area contributed by atoms with Crippen molar-refractivity contribution in [2.45, 2.75) is 35.0 Å². The molecule has 15 heteroatoms. The Labute approximate surface area is 244 Å². The third-order valence-corrected chi connectivity index (χ3v) is 8.04. The Bertz CT molecular complexity index is 1560. The first kappa shape index (κ1) is 29.4. The van der Waals surface area contributed by atoms with E-state index in [9.17, 15) is 23.2 Å². The highest BCUT2D eigenvalue weighted by molar-refractivity contribution is 8.00. The van der Waals surface area contributed by atoms with Gasteiger partial charge >= 0.3 is 5.51 Å². The molecule has 2 saturated heterocycles. The number of amides is 1. The third-order valence-electron chi connectivity index (χ3n) is 7.23. The van der Waals surface area contributed by atoms with Crippen LogP contribution in [0.4, 0.5) is 24.7 Å². The predicted octanol–water partition coefficient (Wildman–Crippen LogP) is 3.21. The normalized spacial score (nSPS) is 17.0. The zero-order valence-corrected chi connectivity index (χ0v) is 23.7. The van der Waals surface area contributed by atoms with Crippen LogP contribution in [0.5, 0.6) is 5.75 Å². The molecule has 1 amide bonds. The highest BCUT2D eigenvalue weighted by atomic mass is 32.2. The van der Waals surface area contributed by atoms with Gasteiger partial charge in [0.05, 0.1) is 50.3 Å². The first-order valence-electron chi connectivity index (χ1n) is 13.2. The Kier molecular flexibility index (Phi) is 8.45. The molecule has 3 N–H and O–H groups in total. The number of thioether (sulfide) groups is 1. The summed E-state index contributed by atoms with van der Waals surface area (Å²) < 4.78 is 53.8. The Hall–Kier alpha value is -4.05. The van der Waals surface area contributed by atoms with Gasteiger partial charge in [0.2, 0.25) is 0 Å². The number of carbonyl (C=O) groups excluding carboxylic acids is 1. The van der Waals surface area contributed by atoms with Gasteiger partial charge in [-0.2, -0.15) is 23.1 Å². The van der Waals surface area contributed by atoms with Crippen molar-refractivity contribution in [1.29, 1.82) is 5.26 Å². The van der Waals surface area contributed by atoms with Crippen molar-refractivity contribution >= 4 is 34.7 Å². The summed E-state index contributed by atoms with van der Waals surface area (Å²) in [5.74, 6) is 3.49. The van der Waals surface area contributed by atoms with E-state index < -0.39 is 11.0 Å². The number of hydrogen-bond acceptors (Lipinski definition) is 9. The van der Waals surface area contributed by atoms with Crippen molar-refractivity contribution < 1.29 is 27.4 Å². The molecule has 3 aromatic heterocycles. The molecule has 0 unspecified atom stereocenters. The molecule has 0 bridgehead atoms. The number of likely N-dealkylation sites (tertiary alicyclic amines) is 1. The highest BCUT2D eigenvalue weighted by Gasteiger charge is 2.45. The summed E-state index contributed by atoms with van der Waals surface area (Å²) in [5.41, 5.74) is -4.00. The molecule has 0 spiro atoms. The summed E-state index contributed by atoms with van der Waals surface area (Å²) in [7, 11) is 2.94. The summed E-state index contributed by atoms with van der Waals surface area (Å²) in [4.78, 5) is 18.1. The fraction of sp³-hybridized carbons (Fsp3) is 0.444. The van der Waals surface area contributed by atoms with Crippen molar-refractivity contribution in [3.8, 4) is 23.8 Å². The van der Waals surface area contributed by atoms with Crippen LogP contribution in [0.2, 0.25) is 0 Å². The lowest BCUT2D eigenvalue weighted by molar-refractivity contribution is -0.113. The average Bonchev–Trinajstić information content (AvgIpc) is 2.96. The van der Waals surface area contributed by atoms with Gasteiger partial charge in [-0.1, -0.05) is 12.0 Å². The fourth-order valence-corrected chi connectivity index (χ4v) is 5.66. The first-order valence-corrected chi connectivity index (χ1v) is 14.0. The van der Waals surface area contributed by atoms with Crippen LogP contribution in [-0.2, 0) is 4.74 Å². The minimum atomic E-state index is -4.49. The van der Waals surface area contributed by atoms with E-state index in [2.05, 4.69) is 43.9 Å². The van der Waals surface area contributed by atoms with E-state index in [0.717, 1.165) is 12.8 Å². The summed E-state index contributed by atoms with van der Waals surface area (Å²) >= 11 is -0.216. The minimum Gasteiger partial charge on any atom is -0.494 e. The van der Waals surface area contributed by atoms with Gasteiger partial charge in [0, 0.05) is 50.1 Å². The number of fused-ring (bicyclic) bond motifs is 1. The zero-order valence-electron chi connectivity index (χ0n) is 22.9. The van der Waals surface area contributed by atoms with E-state index in [1.54, 1.807) is 22.7 Å². The molecule has 2 fully saturated rings. The van der Waals surface area contributed by atoms with Crippen LogP contribution in [-0.4, -0.2) is 89.1 Å². The van der Waals surface area contributed by atoms with E-state index in [1.807, 2.05) is 0 Å². The van der Waals surface area contributed by atoms with Gasteiger partial charge in [0.15, 0.2) is 5.54 Å². The van der Waals surface area contributed by atoms with Crippen molar-refractivity contribution in [3.05, 3.63) is 36.2 Å². The lowest BCUT2D eigenvalue weighted by Gasteiger charge is -2.47. The number of aromatic nitrogens is 3. The van der Waals surface area contributed by atoms with Gasteiger partial charge in [-0.05, 0) is 25.0 Å². The molecule has 2 aliphatic rings. The molecule has 3 aromatic rings. The molecule has 0 saturated carbocycles. The third kappa shape index (κ3) is 5.94. The molecule has 2 aliphatic heterocycles. The second-order valence-corrected chi connectivity index (χ2v) is 10.9. The molecular formula is C27H29F3N8O3S. The lowest BCUT2D eigenvalue weighted by atomic mass is 9.92. The number of nitrogens with one attached hydrogen (secondary N) is 3. The average molecular weight is 603 g/mol. The summed E-state index contributed by atoms with van der Waals surface area (Å²) in [6.45, 7) is 2.32. The van der Waals surface area contributed by atoms with Crippen LogP contribution < -0.4 is 20.7 Å². The Morgan fingerprint density at radius 3 is 2.69 bits per heavy atom. The summed E-state index contributed by atoms with van der Waals surface area (Å²) in [6, 6.07) is 11.9. The van der Waals surface area contributed by atoms with Gasteiger partial charge < -0.3 is 25.4 Å². The molecule has 42 heavy (non-hydrogen) atoms. The van der Waals surface area contributed by atoms with E-state index in [4.69, 9.17) is 9.47 Å². The van der Waals surface area contributed by atoms with Crippen LogP contribution >= 0.6 is 11.8 Å². The van der Waals surface area contributed by atoms with Crippen molar-refractivity contribution in [2.75, 3.05) is 57.6 Å². The van der Waals surface area contributed by atoms with Gasteiger partial charge in [-0.3, -0.25) is 9.69 Å². The Morgan fingerprint density at radius 1 is 1.31 bits per heavy atom. The smallest absolute Gasteiger partial charge is 0.447 e. The van der Waals surface area contributed by atoms with Crippen LogP contribution in [0.25, 0.3) is 5.52 Å². The predicted molar refractivity (Wildman–Crippen MR) is 151 cm³/mol. The number of carbonyl (C=O) groups is 1. The van der Waals surface area contributed by atoms with Crippen molar-refractivity contribution in [1.82, 2.24) is 24.4 Å². The number of methoxy groups -OCH3 is 1. The molecular weight excluding hydrogens is 573 g/mol. The molecule has 0 radical (unpaired) electrons. The first-order chi connectivity index (χ1) is 20.2. The summed E-state index contributed by atoms with van der Waals surface area (Å²) in [6.07, 6.45) is 2.97. The van der Waals surface area contributed by atoms with Gasteiger partial charge in [0.25, 0.3) is 5.91 Å². The van der Waals surface area contributed by atoms with Gasteiger partial charge in [-0.25, -0.2) is 9.50 Å². The largest absolute Gasteiger partial charge is 0.494 e. The molecule has 0 aliphatic carbocycles. The molecule has 222 valence electrons. The number of anilines is 2. The molecule has 0 aromatic carbocycles. The zero-order chi connectivity index (χ0) is 29.9. The van der Waals surface area contributed by atoms with E-state index in [1.165, 1.54) is 31.1 Å². The minimum absolute atomic E-state index is 0.0245. The molecule has 0 atom stereocenters. The van der Waals surface area contributed by atoms with Crippen LogP contribution in [0, 0.1) is 23.3 Å². The number of alkyl halides is 3. The maximum absolute atomic E-state index is 13.4. The lowest BCUT2D eigenvalue weighted by Crippen LogP contribution is -2.63. The van der Waals surface area contributed by atoms with E-state index in [-0.39, 0.29) is 41.0 Å². The summed E-state index contributed by atoms with van der Waals surface area (Å²) in [5, 5.41) is 18.6. The second kappa shape index (κ2) is 12.1. The monoisotopic (exact) mass is 602 g/mol. The number of piperidine rings is 1. The van der Waals surface area contributed by atoms with Crippen LogP contribution in [0.1, 0.15) is 23.3 Å². The molecule has 5 rings (SSSR count). The van der Waals surface area contributed by atoms with Crippen molar-refractivity contribution in [2.24, 2.45) is 0 Å².